The van der Waals surface area contributed by atoms with Gasteiger partial charge >= 0.3 is 0 Å². The average molecular weight is 269 g/mol. The zero-order valence-corrected chi connectivity index (χ0v) is 10.8. The second-order valence-corrected chi connectivity index (χ2v) is 4.74. The molecule has 0 aliphatic carbocycles. The predicted molar refractivity (Wildman–Crippen MR) is 71.4 cm³/mol. The number of halogens is 1. The van der Waals surface area contributed by atoms with Gasteiger partial charge < -0.3 is 15.2 Å². The summed E-state index contributed by atoms with van der Waals surface area (Å²) in [6.45, 7) is 1.22. The standard InChI is InChI=1S/C13H16FNO2S/c14-9-4-5-12(11(7-9)13(15)18)17-8-10-3-1-2-6-16-10/h4-5,7,10H,1-3,6,8H2,(H2,15,18). The molecule has 0 amide bonds. The Morgan fingerprint density at radius 1 is 1.50 bits per heavy atom. The molecule has 1 atom stereocenters. The topological polar surface area (TPSA) is 44.5 Å². The van der Waals surface area contributed by atoms with E-state index in [1.54, 1.807) is 6.07 Å². The second-order valence-electron chi connectivity index (χ2n) is 4.30. The molecule has 0 radical (unpaired) electrons. The van der Waals surface area contributed by atoms with Crippen molar-refractivity contribution in [1.82, 2.24) is 0 Å². The van der Waals surface area contributed by atoms with Crippen molar-refractivity contribution in [2.75, 3.05) is 13.2 Å². The Morgan fingerprint density at radius 3 is 3.00 bits per heavy atom. The number of hydrogen-bond acceptors (Lipinski definition) is 3. The molecule has 2 N–H and O–H groups in total. The second kappa shape index (κ2) is 6.11. The molecule has 1 aromatic carbocycles. The number of benzene rings is 1. The molecule has 3 nitrogen and oxygen atoms in total. The Labute approximate surface area is 111 Å². The van der Waals surface area contributed by atoms with E-state index in [2.05, 4.69) is 0 Å². The Morgan fingerprint density at radius 2 is 2.33 bits per heavy atom. The summed E-state index contributed by atoms with van der Waals surface area (Å²) in [6.07, 6.45) is 3.34. The minimum atomic E-state index is -0.376. The van der Waals surface area contributed by atoms with Gasteiger partial charge in [-0.1, -0.05) is 12.2 Å². The van der Waals surface area contributed by atoms with Crippen LogP contribution in [0.25, 0.3) is 0 Å². The monoisotopic (exact) mass is 269 g/mol. The first kappa shape index (κ1) is 13.2. The summed E-state index contributed by atoms with van der Waals surface area (Å²) >= 11 is 4.88. The molecule has 5 heteroatoms. The van der Waals surface area contributed by atoms with Gasteiger partial charge in [-0.3, -0.25) is 0 Å². The highest BCUT2D eigenvalue weighted by atomic mass is 32.1. The Balaban J connectivity index is 2.01. The lowest BCUT2D eigenvalue weighted by atomic mass is 10.1. The van der Waals surface area contributed by atoms with Crippen LogP contribution in [-0.4, -0.2) is 24.3 Å². The van der Waals surface area contributed by atoms with Crippen LogP contribution in [0.3, 0.4) is 0 Å². The van der Waals surface area contributed by atoms with Gasteiger partial charge in [0.1, 0.15) is 23.2 Å². The number of hydrogen-bond donors (Lipinski definition) is 1. The number of rotatable bonds is 4. The first-order chi connectivity index (χ1) is 8.66. The summed E-state index contributed by atoms with van der Waals surface area (Å²) in [5.41, 5.74) is 5.98. The van der Waals surface area contributed by atoms with E-state index in [4.69, 9.17) is 27.4 Å². The maximum atomic E-state index is 13.1. The van der Waals surface area contributed by atoms with E-state index in [0.29, 0.717) is 17.9 Å². The van der Waals surface area contributed by atoms with Crippen LogP contribution >= 0.6 is 12.2 Å². The third-order valence-corrected chi connectivity index (χ3v) is 3.13. The van der Waals surface area contributed by atoms with E-state index >= 15 is 0 Å². The highest BCUT2D eigenvalue weighted by molar-refractivity contribution is 7.80. The smallest absolute Gasteiger partial charge is 0.129 e. The van der Waals surface area contributed by atoms with Gasteiger partial charge in [0.25, 0.3) is 0 Å². The van der Waals surface area contributed by atoms with Crippen molar-refractivity contribution in [3.05, 3.63) is 29.6 Å². The number of thiocarbonyl (C=S) groups is 1. The molecule has 1 heterocycles. The predicted octanol–water partition coefficient (Wildman–Crippen LogP) is 2.41. The van der Waals surface area contributed by atoms with Crippen LogP contribution in [0.2, 0.25) is 0 Å². The van der Waals surface area contributed by atoms with E-state index in [9.17, 15) is 4.39 Å². The zero-order valence-electron chi connectivity index (χ0n) is 10.0. The van der Waals surface area contributed by atoms with Gasteiger partial charge in [0.05, 0.1) is 11.7 Å². The van der Waals surface area contributed by atoms with Gasteiger partial charge in [0.2, 0.25) is 0 Å². The van der Waals surface area contributed by atoms with Gasteiger partial charge in [-0.2, -0.15) is 0 Å². The molecule has 1 aliphatic rings. The van der Waals surface area contributed by atoms with Crippen molar-refractivity contribution >= 4 is 17.2 Å². The third-order valence-electron chi connectivity index (χ3n) is 2.91. The van der Waals surface area contributed by atoms with Crippen molar-refractivity contribution in [2.24, 2.45) is 5.73 Å². The van der Waals surface area contributed by atoms with E-state index in [1.807, 2.05) is 0 Å². The van der Waals surface area contributed by atoms with Crippen LogP contribution in [-0.2, 0) is 4.74 Å². The molecule has 1 aromatic rings. The molecule has 0 spiro atoms. The number of nitrogens with two attached hydrogens (primary N) is 1. The quantitative estimate of drug-likeness (QED) is 0.853. The molecule has 1 saturated heterocycles. The molecule has 0 bridgehead atoms. The molecule has 1 unspecified atom stereocenters. The molecule has 2 rings (SSSR count). The van der Waals surface area contributed by atoms with Crippen LogP contribution in [0.1, 0.15) is 24.8 Å². The molecule has 98 valence electrons. The van der Waals surface area contributed by atoms with Gasteiger partial charge in [-0.15, -0.1) is 0 Å². The Hall–Kier alpha value is -1.20. The van der Waals surface area contributed by atoms with Gasteiger partial charge in [0, 0.05) is 6.61 Å². The van der Waals surface area contributed by atoms with Crippen molar-refractivity contribution in [2.45, 2.75) is 25.4 Å². The van der Waals surface area contributed by atoms with Crippen LogP contribution in [0.5, 0.6) is 5.75 Å². The van der Waals surface area contributed by atoms with Gasteiger partial charge in [-0.25, -0.2) is 4.39 Å². The molecular weight excluding hydrogens is 253 g/mol. The Kier molecular flexibility index (Phi) is 4.49. The molecule has 0 saturated carbocycles. The molecule has 1 aliphatic heterocycles. The summed E-state index contributed by atoms with van der Waals surface area (Å²) in [4.78, 5) is 0.133. The lowest BCUT2D eigenvalue weighted by Gasteiger charge is -2.23. The van der Waals surface area contributed by atoms with Crippen LogP contribution < -0.4 is 10.5 Å². The van der Waals surface area contributed by atoms with Crippen molar-refractivity contribution in [3.8, 4) is 5.75 Å². The summed E-state index contributed by atoms with van der Waals surface area (Å²) in [6, 6.07) is 4.17. The highest BCUT2D eigenvalue weighted by Gasteiger charge is 2.16. The third kappa shape index (κ3) is 3.40. The normalized spacial score (nSPS) is 19.5. The van der Waals surface area contributed by atoms with E-state index in [0.717, 1.165) is 25.9 Å². The lowest BCUT2D eigenvalue weighted by molar-refractivity contribution is -0.0111. The molecule has 18 heavy (non-hydrogen) atoms. The fraction of sp³-hybridized carbons (Fsp3) is 0.462. The summed E-state index contributed by atoms with van der Waals surface area (Å²) in [5, 5.41) is 0. The maximum absolute atomic E-state index is 13.1. The average Bonchev–Trinajstić information content (AvgIpc) is 2.38. The van der Waals surface area contributed by atoms with E-state index in [-0.39, 0.29) is 16.9 Å². The fourth-order valence-electron chi connectivity index (χ4n) is 1.94. The van der Waals surface area contributed by atoms with Crippen LogP contribution in [0.15, 0.2) is 18.2 Å². The number of ether oxygens (including phenoxy) is 2. The fourth-order valence-corrected chi connectivity index (χ4v) is 2.10. The molecule has 1 fully saturated rings. The first-order valence-corrected chi connectivity index (χ1v) is 6.41. The van der Waals surface area contributed by atoms with Gasteiger partial charge in [0.15, 0.2) is 0 Å². The minimum absolute atomic E-state index is 0.1000. The van der Waals surface area contributed by atoms with E-state index in [1.165, 1.54) is 12.1 Å². The van der Waals surface area contributed by atoms with Crippen molar-refractivity contribution in [1.29, 1.82) is 0 Å². The first-order valence-electron chi connectivity index (χ1n) is 6.00. The summed E-state index contributed by atoms with van der Waals surface area (Å²) in [7, 11) is 0. The van der Waals surface area contributed by atoms with Crippen molar-refractivity contribution < 1.29 is 13.9 Å². The Bertz CT molecular complexity index is 433. The lowest BCUT2D eigenvalue weighted by Crippen LogP contribution is -2.26. The van der Waals surface area contributed by atoms with Gasteiger partial charge in [-0.05, 0) is 37.5 Å². The summed E-state index contributed by atoms with van der Waals surface area (Å²) < 4.78 is 24.3. The SMILES string of the molecule is NC(=S)c1cc(F)ccc1OCC1CCCCO1. The van der Waals surface area contributed by atoms with Crippen LogP contribution in [0.4, 0.5) is 4.39 Å². The highest BCUT2D eigenvalue weighted by Crippen LogP contribution is 2.21. The largest absolute Gasteiger partial charge is 0.490 e. The molecule has 0 aromatic heterocycles. The summed E-state index contributed by atoms with van der Waals surface area (Å²) in [5.74, 6) is 0.136. The minimum Gasteiger partial charge on any atom is -0.490 e. The zero-order chi connectivity index (χ0) is 13.0. The maximum Gasteiger partial charge on any atom is 0.129 e. The van der Waals surface area contributed by atoms with Crippen molar-refractivity contribution in [3.63, 3.8) is 0 Å². The molecular formula is C13H16FNO2S. The van der Waals surface area contributed by atoms with E-state index < -0.39 is 0 Å². The van der Waals surface area contributed by atoms with Crippen LogP contribution in [0, 0.1) is 5.82 Å².